The summed E-state index contributed by atoms with van der Waals surface area (Å²) in [4.78, 5) is 11.8. The smallest absolute Gasteiger partial charge is 0.323 e. The molecule has 116 valence electrons. The predicted octanol–water partition coefficient (Wildman–Crippen LogP) is 3.92. The number of nitrogens with one attached hydrogen (secondary N) is 2. The number of amides is 2. The lowest BCUT2D eigenvalue weighted by molar-refractivity contribution is 0.255. The zero-order valence-electron chi connectivity index (χ0n) is 13.2. The topological polar surface area (TPSA) is 59.6 Å². The Balaban J connectivity index is 2.75. The number of benzene rings is 1. The van der Waals surface area contributed by atoms with Gasteiger partial charge in [-0.2, -0.15) is 0 Å². The van der Waals surface area contributed by atoms with E-state index < -0.39 is 0 Å². The number of carbonyl (C=O) groups is 1. The Kier molecular flexibility index (Phi) is 7.15. The molecule has 0 spiro atoms. The van der Waals surface area contributed by atoms with Crippen molar-refractivity contribution in [3.05, 3.63) is 30.0 Å². The highest BCUT2D eigenvalue weighted by Crippen LogP contribution is 2.30. The molecule has 0 atom stereocenters. The first kappa shape index (κ1) is 16.9. The minimum Gasteiger partial charge on any atom is -0.490 e. The van der Waals surface area contributed by atoms with Gasteiger partial charge in [-0.3, -0.25) is 0 Å². The van der Waals surface area contributed by atoms with Crippen LogP contribution in [0.15, 0.2) is 30.0 Å². The van der Waals surface area contributed by atoms with Crippen molar-refractivity contribution in [3.8, 4) is 11.5 Å². The van der Waals surface area contributed by atoms with Gasteiger partial charge in [0, 0.05) is 18.0 Å². The quantitative estimate of drug-likeness (QED) is 0.800. The summed E-state index contributed by atoms with van der Waals surface area (Å²) in [6.07, 6.45) is 2.60. The van der Waals surface area contributed by atoms with E-state index in [0.717, 1.165) is 12.0 Å². The zero-order chi connectivity index (χ0) is 15.7. The summed E-state index contributed by atoms with van der Waals surface area (Å²) in [6, 6.07) is 5.04. The molecular weight excluding hydrogens is 268 g/mol. The fraction of sp³-hybridized carbons (Fsp3) is 0.438. The molecule has 0 unspecified atom stereocenters. The van der Waals surface area contributed by atoms with Crippen LogP contribution in [0.3, 0.4) is 0 Å². The second-order valence-electron chi connectivity index (χ2n) is 4.47. The largest absolute Gasteiger partial charge is 0.490 e. The van der Waals surface area contributed by atoms with Gasteiger partial charge in [-0.15, -0.1) is 0 Å². The lowest BCUT2D eigenvalue weighted by atomic mass is 10.2. The van der Waals surface area contributed by atoms with Crippen LogP contribution in [0, 0.1) is 0 Å². The highest BCUT2D eigenvalue weighted by molar-refractivity contribution is 5.90. The molecule has 0 bridgehead atoms. The van der Waals surface area contributed by atoms with Gasteiger partial charge in [-0.25, -0.2) is 4.79 Å². The summed E-state index contributed by atoms with van der Waals surface area (Å²) in [5, 5.41) is 5.45. The van der Waals surface area contributed by atoms with E-state index >= 15 is 0 Å². The number of anilines is 1. The van der Waals surface area contributed by atoms with Gasteiger partial charge in [-0.05, 0) is 39.3 Å². The van der Waals surface area contributed by atoms with Gasteiger partial charge in [-0.1, -0.05) is 12.5 Å². The summed E-state index contributed by atoms with van der Waals surface area (Å²) in [6.45, 7) is 8.91. The van der Waals surface area contributed by atoms with Gasteiger partial charge in [0.1, 0.15) is 0 Å². The Hall–Kier alpha value is -2.17. The standard InChI is InChI=1S/C16H24N2O3/c1-5-12(4)11-17-16(19)18-13-8-9-14(20-6-2)15(10-13)21-7-3/h8-11H,5-7H2,1-4H3,(H2,17,18,19)/b12-11+. The first-order chi connectivity index (χ1) is 10.1. The average Bonchev–Trinajstić information content (AvgIpc) is 2.48. The Morgan fingerprint density at radius 3 is 2.43 bits per heavy atom. The van der Waals surface area contributed by atoms with Crippen LogP contribution in [0.25, 0.3) is 0 Å². The Bertz CT molecular complexity index is 498. The van der Waals surface area contributed by atoms with Crippen molar-refractivity contribution in [2.24, 2.45) is 0 Å². The molecule has 0 aliphatic heterocycles. The predicted molar refractivity (Wildman–Crippen MR) is 85.0 cm³/mol. The molecule has 0 saturated heterocycles. The Morgan fingerprint density at radius 1 is 1.14 bits per heavy atom. The summed E-state index contributed by atoms with van der Waals surface area (Å²) < 4.78 is 11.0. The number of carbonyl (C=O) groups excluding carboxylic acids is 1. The van der Waals surface area contributed by atoms with Gasteiger partial charge in [0.15, 0.2) is 11.5 Å². The van der Waals surface area contributed by atoms with Crippen LogP contribution >= 0.6 is 0 Å². The zero-order valence-corrected chi connectivity index (χ0v) is 13.2. The van der Waals surface area contributed by atoms with Gasteiger partial charge in [0.25, 0.3) is 0 Å². The number of ether oxygens (including phenoxy) is 2. The van der Waals surface area contributed by atoms with Crippen molar-refractivity contribution < 1.29 is 14.3 Å². The number of urea groups is 1. The second kappa shape index (κ2) is 8.89. The van der Waals surface area contributed by atoms with E-state index in [1.54, 1.807) is 24.4 Å². The van der Waals surface area contributed by atoms with E-state index in [2.05, 4.69) is 10.6 Å². The van der Waals surface area contributed by atoms with Crippen molar-refractivity contribution in [1.29, 1.82) is 0 Å². The molecule has 5 heteroatoms. The first-order valence-corrected chi connectivity index (χ1v) is 7.23. The molecule has 2 N–H and O–H groups in total. The van der Waals surface area contributed by atoms with Gasteiger partial charge in [0.2, 0.25) is 0 Å². The van der Waals surface area contributed by atoms with Crippen molar-refractivity contribution >= 4 is 11.7 Å². The normalized spacial score (nSPS) is 11.0. The number of allylic oxidation sites excluding steroid dienone is 1. The van der Waals surface area contributed by atoms with Crippen LogP contribution in [0.2, 0.25) is 0 Å². The van der Waals surface area contributed by atoms with E-state index in [4.69, 9.17) is 9.47 Å². The molecular formula is C16H24N2O3. The maximum atomic E-state index is 11.8. The van der Waals surface area contributed by atoms with Crippen LogP contribution in [0.1, 0.15) is 34.1 Å². The molecule has 5 nitrogen and oxygen atoms in total. The maximum Gasteiger partial charge on any atom is 0.323 e. The lowest BCUT2D eigenvalue weighted by Gasteiger charge is -2.13. The Morgan fingerprint density at radius 2 is 1.81 bits per heavy atom. The molecule has 0 aliphatic carbocycles. The molecule has 0 aromatic heterocycles. The molecule has 1 rings (SSSR count). The summed E-state index contributed by atoms with van der Waals surface area (Å²) in [5.74, 6) is 1.30. The van der Waals surface area contributed by atoms with Crippen molar-refractivity contribution in [2.45, 2.75) is 34.1 Å². The van der Waals surface area contributed by atoms with Gasteiger partial charge >= 0.3 is 6.03 Å². The molecule has 0 fully saturated rings. The molecule has 21 heavy (non-hydrogen) atoms. The van der Waals surface area contributed by atoms with Crippen LogP contribution in [-0.2, 0) is 0 Å². The molecule has 0 aliphatic rings. The Labute approximate surface area is 126 Å². The third-order valence-electron chi connectivity index (χ3n) is 2.81. The summed E-state index contributed by atoms with van der Waals surface area (Å²) in [7, 11) is 0. The van der Waals surface area contributed by atoms with E-state index in [1.165, 1.54) is 0 Å². The third-order valence-corrected chi connectivity index (χ3v) is 2.81. The fourth-order valence-electron chi connectivity index (χ4n) is 1.59. The highest BCUT2D eigenvalue weighted by atomic mass is 16.5. The first-order valence-electron chi connectivity index (χ1n) is 7.23. The number of rotatable bonds is 7. The number of hydrogen-bond donors (Lipinski definition) is 2. The van der Waals surface area contributed by atoms with Crippen LogP contribution in [-0.4, -0.2) is 19.2 Å². The van der Waals surface area contributed by atoms with E-state index in [0.29, 0.717) is 30.4 Å². The lowest BCUT2D eigenvalue weighted by Crippen LogP contribution is -2.24. The van der Waals surface area contributed by atoms with Gasteiger partial charge in [0.05, 0.1) is 13.2 Å². The van der Waals surface area contributed by atoms with Crippen molar-refractivity contribution in [3.63, 3.8) is 0 Å². The number of hydrogen-bond acceptors (Lipinski definition) is 3. The molecule has 0 saturated carbocycles. The summed E-state index contributed by atoms with van der Waals surface area (Å²) in [5.41, 5.74) is 1.76. The monoisotopic (exact) mass is 292 g/mol. The summed E-state index contributed by atoms with van der Waals surface area (Å²) >= 11 is 0. The van der Waals surface area contributed by atoms with Crippen molar-refractivity contribution in [2.75, 3.05) is 18.5 Å². The molecule has 1 aromatic rings. The second-order valence-corrected chi connectivity index (χ2v) is 4.47. The van der Waals surface area contributed by atoms with Crippen LogP contribution in [0.5, 0.6) is 11.5 Å². The highest BCUT2D eigenvalue weighted by Gasteiger charge is 2.07. The van der Waals surface area contributed by atoms with E-state index in [9.17, 15) is 4.79 Å². The maximum absolute atomic E-state index is 11.8. The van der Waals surface area contributed by atoms with Crippen LogP contribution in [0.4, 0.5) is 10.5 Å². The van der Waals surface area contributed by atoms with E-state index in [-0.39, 0.29) is 6.03 Å². The third kappa shape index (κ3) is 5.77. The van der Waals surface area contributed by atoms with Crippen LogP contribution < -0.4 is 20.1 Å². The molecule has 1 aromatic carbocycles. The fourth-order valence-corrected chi connectivity index (χ4v) is 1.59. The van der Waals surface area contributed by atoms with E-state index in [1.807, 2.05) is 27.7 Å². The SMILES string of the molecule is CCOc1ccc(NC(=O)N/C=C(\C)CC)cc1OCC. The average molecular weight is 292 g/mol. The minimum absolute atomic E-state index is 0.283. The molecule has 0 heterocycles. The minimum atomic E-state index is -0.283. The van der Waals surface area contributed by atoms with Gasteiger partial charge < -0.3 is 20.1 Å². The van der Waals surface area contributed by atoms with Crippen molar-refractivity contribution in [1.82, 2.24) is 5.32 Å². The molecule has 2 amide bonds. The molecule has 0 radical (unpaired) electrons.